The van der Waals surface area contributed by atoms with Gasteiger partial charge in [0.15, 0.2) is 12.4 Å². The van der Waals surface area contributed by atoms with E-state index in [4.69, 9.17) is 21.3 Å². The maximum atomic E-state index is 16.0. The number of anilines is 4. The number of nitrogens with zero attached hydrogens (tertiary/aromatic N) is 7. The van der Waals surface area contributed by atoms with Crippen LogP contribution in [-0.2, 0) is 23.7 Å². The maximum Gasteiger partial charge on any atom is 0.301 e. The van der Waals surface area contributed by atoms with Crippen molar-refractivity contribution < 1.29 is 27.5 Å². The molecule has 0 bridgehead atoms. The summed E-state index contributed by atoms with van der Waals surface area (Å²) in [5.74, 6) is -3.49. The van der Waals surface area contributed by atoms with Crippen LogP contribution in [0.2, 0.25) is 5.02 Å². The second-order valence-corrected chi connectivity index (χ2v) is 18.1. The van der Waals surface area contributed by atoms with E-state index in [9.17, 15) is 14.4 Å². The second kappa shape index (κ2) is 15.7. The Morgan fingerprint density at radius 2 is 1.77 bits per heavy atom. The van der Waals surface area contributed by atoms with Crippen molar-refractivity contribution in [2.24, 2.45) is 25.9 Å². The zero-order valence-electron chi connectivity index (χ0n) is 34.5. The van der Waals surface area contributed by atoms with Crippen molar-refractivity contribution in [3.63, 3.8) is 0 Å². The first-order valence-electron chi connectivity index (χ1n) is 21.5. The Bertz CT molecular complexity index is 2660. The first kappa shape index (κ1) is 40.6. The topological polar surface area (TPSA) is 152 Å². The largest absolute Gasteiger partial charge is 0.480 e. The molecule has 0 radical (unpaired) electrons. The summed E-state index contributed by atoms with van der Waals surface area (Å²) in [4.78, 5) is 51.2. The Kier molecular flexibility index (Phi) is 10.3. The third-order valence-electron chi connectivity index (χ3n) is 13.5. The SMILES string of the molecule is Cn1nc(C2CCC(=O)NC2=O)c2ccc(C3CCN(CC4CCN(c5ncc(Cl)c(Nc6ccc7c(c6)c6c(c(=O)n7C)OCC(F)(F)C(C7CC7)N6)n5)CC4)CC3F)cc21. The van der Waals surface area contributed by atoms with E-state index in [2.05, 4.69) is 35.8 Å². The Labute approximate surface area is 360 Å². The smallest absolute Gasteiger partial charge is 0.301 e. The number of pyridine rings is 1. The number of fused-ring (bicyclic) bond motifs is 4. The normalized spacial score (nSPS) is 24.6. The molecule has 1 aliphatic carbocycles. The fraction of sp³-hybridized carbons (Fsp3) is 0.500. The minimum atomic E-state index is -3.14. The molecule has 4 atom stereocenters. The van der Waals surface area contributed by atoms with Crippen LogP contribution in [0, 0.1) is 11.8 Å². The fourth-order valence-corrected chi connectivity index (χ4v) is 10.1. The molecule has 3 N–H and O–H groups in total. The fourth-order valence-electron chi connectivity index (χ4n) is 9.96. The number of rotatable bonds is 8. The van der Waals surface area contributed by atoms with Gasteiger partial charge in [-0.3, -0.25) is 24.4 Å². The summed E-state index contributed by atoms with van der Waals surface area (Å²) in [5.41, 5.74) is 3.35. The summed E-state index contributed by atoms with van der Waals surface area (Å²) >= 11 is 6.61. The van der Waals surface area contributed by atoms with E-state index < -0.39 is 36.2 Å². The number of ether oxygens (including phenoxy) is 1. The number of alkyl halides is 3. The van der Waals surface area contributed by atoms with Crippen molar-refractivity contribution in [2.75, 3.05) is 54.9 Å². The number of likely N-dealkylation sites (tertiary alicyclic amines) is 1. The molecule has 7 heterocycles. The van der Waals surface area contributed by atoms with E-state index >= 15 is 13.2 Å². The Hall–Kier alpha value is -5.42. The number of nitrogens with one attached hydrogen (secondary N) is 3. The Balaban J connectivity index is 0.773. The molecule has 3 aromatic heterocycles. The number of aromatic nitrogens is 5. The van der Waals surface area contributed by atoms with Gasteiger partial charge in [0, 0.05) is 69.1 Å². The molecule has 3 saturated heterocycles. The van der Waals surface area contributed by atoms with Gasteiger partial charge < -0.3 is 29.7 Å². The predicted octanol–water partition coefficient (Wildman–Crippen LogP) is 6.39. The highest BCUT2D eigenvalue weighted by atomic mass is 35.5. The van der Waals surface area contributed by atoms with Crippen molar-refractivity contribution in [3.8, 4) is 5.75 Å². The molecule has 0 spiro atoms. The zero-order valence-corrected chi connectivity index (χ0v) is 35.2. The summed E-state index contributed by atoms with van der Waals surface area (Å²) in [6, 6.07) is 10.1. The van der Waals surface area contributed by atoms with Crippen molar-refractivity contribution in [2.45, 2.75) is 74.9 Å². The first-order chi connectivity index (χ1) is 29.8. The number of amides is 2. The van der Waals surface area contributed by atoms with Crippen LogP contribution in [0.25, 0.3) is 21.8 Å². The van der Waals surface area contributed by atoms with Gasteiger partial charge in [-0.15, -0.1) is 0 Å². The molecule has 326 valence electrons. The molecule has 62 heavy (non-hydrogen) atoms. The summed E-state index contributed by atoms with van der Waals surface area (Å²) in [7, 11) is 3.42. The van der Waals surface area contributed by atoms with Gasteiger partial charge in [0.05, 0.1) is 40.6 Å². The number of halogens is 4. The van der Waals surface area contributed by atoms with E-state index in [1.165, 1.54) is 4.57 Å². The van der Waals surface area contributed by atoms with Gasteiger partial charge in [-0.2, -0.15) is 10.1 Å². The molecule has 10 rings (SSSR count). The number of aryl methyl sites for hydroxylation is 2. The molecular formula is C44H48ClF3N10O4. The van der Waals surface area contributed by atoms with Crippen molar-refractivity contribution >= 4 is 68.4 Å². The monoisotopic (exact) mass is 872 g/mol. The molecular weight excluding hydrogens is 825 g/mol. The number of hydrogen-bond donors (Lipinski definition) is 3. The van der Waals surface area contributed by atoms with Gasteiger partial charge >= 0.3 is 5.92 Å². The number of benzene rings is 2. The van der Waals surface area contributed by atoms with Crippen LogP contribution in [0.3, 0.4) is 0 Å². The lowest BCUT2D eigenvalue weighted by atomic mass is 9.86. The predicted molar refractivity (Wildman–Crippen MR) is 230 cm³/mol. The highest BCUT2D eigenvalue weighted by molar-refractivity contribution is 6.33. The lowest BCUT2D eigenvalue weighted by Crippen LogP contribution is -2.45. The van der Waals surface area contributed by atoms with Crippen LogP contribution in [-0.4, -0.2) is 98.5 Å². The molecule has 18 heteroatoms. The van der Waals surface area contributed by atoms with Gasteiger partial charge in [-0.05, 0) is 86.7 Å². The molecule has 2 amide bonds. The van der Waals surface area contributed by atoms with E-state index in [-0.39, 0.29) is 41.5 Å². The number of imide groups is 1. The average molecular weight is 873 g/mol. The lowest BCUT2D eigenvalue weighted by molar-refractivity contribution is -0.134. The molecule has 1 saturated carbocycles. The summed E-state index contributed by atoms with van der Waals surface area (Å²) < 4.78 is 54.9. The molecule has 4 fully saturated rings. The van der Waals surface area contributed by atoms with Gasteiger partial charge in [-0.25, -0.2) is 18.2 Å². The molecule has 4 aliphatic heterocycles. The number of hydrogen-bond acceptors (Lipinski definition) is 11. The number of piperidine rings is 3. The van der Waals surface area contributed by atoms with Gasteiger partial charge in [0.1, 0.15) is 11.2 Å². The summed E-state index contributed by atoms with van der Waals surface area (Å²) in [6.45, 7) is 2.53. The van der Waals surface area contributed by atoms with Crippen LogP contribution in [0.5, 0.6) is 5.75 Å². The van der Waals surface area contributed by atoms with Crippen molar-refractivity contribution in [1.82, 2.24) is 34.5 Å². The molecule has 4 unspecified atom stereocenters. The highest BCUT2D eigenvalue weighted by Gasteiger charge is 2.51. The third kappa shape index (κ3) is 7.50. The van der Waals surface area contributed by atoms with Crippen LogP contribution in [0.4, 0.5) is 36.3 Å². The number of carbonyl (C=O) groups excluding carboxylic acids is 2. The molecule has 5 aliphatic rings. The highest BCUT2D eigenvalue weighted by Crippen LogP contribution is 2.46. The maximum absolute atomic E-state index is 16.0. The summed E-state index contributed by atoms with van der Waals surface area (Å²) in [5, 5.41) is 15.1. The van der Waals surface area contributed by atoms with Crippen molar-refractivity contribution in [3.05, 3.63) is 69.2 Å². The minimum absolute atomic E-state index is 0.122. The Morgan fingerprint density at radius 1 is 0.968 bits per heavy atom. The quantitative estimate of drug-likeness (QED) is 0.149. The molecule has 5 aromatic rings. The van der Waals surface area contributed by atoms with E-state index in [0.29, 0.717) is 77.2 Å². The van der Waals surface area contributed by atoms with Crippen LogP contribution in [0.1, 0.15) is 68.0 Å². The molecule has 2 aromatic carbocycles. The van der Waals surface area contributed by atoms with Crippen molar-refractivity contribution in [1.29, 1.82) is 0 Å². The standard InChI is InChI=1S/C44H48ClF3N10O4/c1-55-33-9-6-26(18-30(33)37-38(42(55)61)62-22-44(47,48)39(52-37)24-3-4-24)50-40-31(45)19-49-43(53-40)58-15-11-23(12-16-58)20-57-14-13-27(32(46)21-57)25-5-7-28-34(17-25)56(2)54-36(28)29-8-10-35(59)51-41(29)60/h5-7,9,17-19,23-24,27,29,32,39,52H,3-4,8,10-16,20-22H2,1-2H3,(H,49,50,53)(H,51,59,60). The zero-order chi connectivity index (χ0) is 43.0. The minimum Gasteiger partial charge on any atom is -0.480 e. The average Bonchev–Trinajstić information content (AvgIpc) is 4.06. The van der Waals surface area contributed by atoms with Crippen LogP contribution in [0.15, 0.2) is 47.4 Å². The first-order valence-corrected chi connectivity index (χ1v) is 21.8. The van der Waals surface area contributed by atoms with E-state index in [1.54, 1.807) is 36.1 Å². The third-order valence-corrected chi connectivity index (χ3v) is 13.8. The summed E-state index contributed by atoms with van der Waals surface area (Å²) in [6.07, 6.45) is 5.08. The second-order valence-electron chi connectivity index (χ2n) is 17.7. The van der Waals surface area contributed by atoms with E-state index in [0.717, 1.165) is 55.5 Å². The lowest BCUT2D eigenvalue weighted by Gasteiger charge is -2.39. The van der Waals surface area contributed by atoms with E-state index in [1.807, 2.05) is 25.2 Å². The van der Waals surface area contributed by atoms with Gasteiger partial charge in [0.25, 0.3) is 5.56 Å². The van der Waals surface area contributed by atoms with Crippen LogP contribution >= 0.6 is 11.6 Å². The number of carbonyl (C=O) groups is 2. The van der Waals surface area contributed by atoms with Crippen LogP contribution < -0.4 is 31.1 Å². The van der Waals surface area contributed by atoms with Gasteiger partial charge in [0.2, 0.25) is 23.5 Å². The van der Waals surface area contributed by atoms with Gasteiger partial charge in [-0.1, -0.05) is 23.7 Å². The Morgan fingerprint density at radius 3 is 2.53 bits per heavy atom. The molecule has 14 nitrogen and oxygen atoms in total.